The second-order valence-electron chi connectivity index (χ2n) is 12.3. The van der Waals surface area contributed by atoms with Gasteiger partial charge in [0, 0.05) is 52.8 Å². The zero-order chi connectivity index (χ0) is 32.6. The maximum Gasteiger partial charge on any atom is 0.101 e. The van der Waals surface area contributed by atoms with Gasteiger partial charge in [0.2, 0.25) is 0 Å². The fraction of sp³-hybridized carbons (Fsp3) is 0. The lowest BCUT2D eigenvalue weighted by molar-refractivity contribution is 1.15. The van der Waals surface area contributed by atoms with Gasteiger partial charge >= 0.3 is 0 Å². The Morgan fingerprint density at radius 2 is 0.857 bits per heavy atom. The lowest BCUT2D eigenvalue weighted by atomic mass is 9.95. The highest BCUT2D eigenvalue weighted by molar-refractivity contribution is 7.25. The van der Waals surface area contributed by atoms with Crippen LogP contribution in [0.25, 0.3) is 86.3 Å². The summed E-state index contributed by atoms with van der Waals surface area (Å²) < 4.78 is 6.93. The summed E-state index contributed by atoms with van der Waals surface area (Å²) in [6.45, 7) is 0. The van der Waals surface area contributed by atoms with E-state index in [1.807, 2.05) is 36.4 Å². The van der Waals surface area contributed by atoms with Crippen LogP contribution in [0.4, 0.5) is 0 Å². The molecule has 3 heterocycles. The van der Waals surface area contributed by atoms with E-state index >= 15 is 0 Å². The summed E-state index contributed by atoms with van der Waals surface area (Å²) in [4.78, 5) is 0. The SMILES string of the molecule is N#Cc1cccc(-c2cccc(C#N)c2-n2c3ccccc3c3cc4c(cc32)sc2ccccc24)c1-n1c2ccccc2c2ccccc21. The van der Waals surface area contributed by atoms with E-state index in [0.717, 1.165) is 66.1 Å². The third-order valence-corrected chi connectivity index (χ3v) is 10.9. The highest BCUT2D eigenvalue weighted by Crippen LogP contribution is 2.44. The van der Waals surface area contributed by atoms with Crippen LogP contribution >= 0.6 is 11.3 Å². The van der Waals surface area contributed by atoms with Crippen molar-refractivity contribution in [1.82, 2.24) is 9.13 Å². The number of nitriles is 2. The van der Waals surface area contributed by atoms with E-state index in [9.17, 15) is 10.5 Å². The smallest absolute Gasteiger partial charge is 0.101 e. The molecule has 10 rings (SSSR count). The molecule has 0 N–H and O–H groups in total. The van der Waals surface area contributed by atoms with Crippen LogP contribution in [0.3, 0.4) is 0 Å². The predicted molar refractivity (Wildman–Crippen MR) is 203 cm³/mol. The van der Waals surface area contributed by atoms with Gasteiger partial charge in [0.15, 0.2) is 0 Å². The standard InChI is InChI=1S/C44H24N4S/c45-25-27-11-9-17-33(43(27)47-37-19-5-1-13-29(37)30-14-2-6-20-38(30)47)34-18-10-12-28(26-46)44(34)48-39-21-7-3-15-31(39)35-23-36-32-16-4-8-22-41(32)49-42(36)24-40(35)48/h1-24H. The predicted octanol–water partition coefficient (Wildman–Crippen LogP) is 11.7. The largest absolute Gasteiger partial charge is 0.307 e. The molecule has 0 aliphatic carbocycles. The van der Waals surface area contributed by atoms with Crippen molar-refractivity contribution in [1.29, 1.82) is 10.5 Å². The minimum atomic E-state index is 0.562. The normalized spacial score (nSPS) is 11.6. The summed E-state index contributed by atoms with van der Waals surface area (Å²) in [7, 11) is 0. The first-order chi connectivity index (χ1) is 24.2. The van der Waals surface area contributed by atoms with Crippen LogP contribution in [0, 0.1) is 22.7 Å². The zero-order valence-corrected chi connectivity index (χ0v) is 26.9. The second-order valence-corrected chi connectivity index (χ2v) is 13.4. The number of benzene rings is 7. The van der Waals surface area contributed by atoms with Crippen molar-refractivity contribution in [2.45, 2.75) is 0 Å². The number of para-hydroxylation sites is 5. The molecule has 0 saturated carbocycles. The molecule has 0 radical (unpaired) electrons. The number of hydrogen-bond donors (Lipinski definition) is 0. The topological polar surface area (TPSA) is 57.4 Å². The van der Waals surface area contributed by atoms with Crippen molar-refractivity contribution in [3.63, 3.8) is 0 Å². The van der Waals surface area contributed by atoms with Crippen molar-refractivity contribution in [2.75, 3.05) is 0 Å². The number of fused-ring (bicyclic) bond motifs is 9. The first-order valence-electron chi connectivity index (χ1n) is 16.1. The van der Waals surface area contributed by atoms with Crippen LogP contribution in [0.15, 0.2) is 146 Å². The van der Waals surface area contributed by atoms with E-state index in [1.165, 1.54) is 20.2 Å². The minimum absolute atomic E-state index is 0.562. The van der Waals surface area contributed by atoms with Crippen LogP contribution in [-0.2, 0) is 0 Å². The monoisotopic (exact) mass is 640 g/mol. The summed E-state index contributed by atoms with van der Waals surface area (Å²) in [5.74, 6) is 0. The van der Waals surface area contributed by atoms with E-state index in [2.05, 4.69) is 130 Å². The minimum Gasteiger partial charge on any atom is -0.307 e. The molecule has 5 heteroatoms. The van der Waals surface area contributed by atoms with Crippen molar-refractivity contribution in [2.24, 2.45) is 0 Å². The second kappa shape index (κ2) is 10.4. The molecule has 3 aromatic heterocycles. The summed E-state index contributed by atoms with van der Waals surface area (Å²) in [5, 5.41) is 28.3. The molecule has 0 atom stereocenters. The Morgan fingerprint density at radius 3 is 1.41 bits per heavy atom. The Balaban J connectivity index is 1.36. The molecule has 0 bridgehead atoms. The van der Waals surface area contributed by atoms with Crippen molar-refractivity contribution < 1.29 is 0 Å². The van der Waals surface area contributed by atoms with E-state index < -0.39 is 0 Å². The molecule has 7 aromatic carbocycles. The van der Waals surface area contributed by atoms with Crippen molar-refractivity contribution >= 4 is 75.1 Å². The van der Waals surface area contributed by atoms with E-state index in [1.54, 1.807) is 11.3 Å². The molecule has 226 valence electrons. The summed E-state index contributed by atoms with van der Waals surface area (Å²) in [6, 6.07) is 55.2. The fourth-order valence-corrected chi connectivity index (χ4v) is 8.90. The quantitative estimate of drug-likeness (QED) is 0.193. The maximum atomic E-state index is 10.7. The summed E-state index contributed by atoms with van der Waals surface area (Å²) in [6.07, 6.45) is 0. The lowest BCUT2D eigenvalue weighted by Crippen LogP contribution is -2.05. The lowest BCUT2D eigenvalue weighted by Gasteiger charge is -2.20. The molecular formula is C44H24N4S. The zero-order valence-electron chi connectivity index (χ0n) is 26.1. The third-order valence-electron chi connectivity index (χ3n) is 9.80. The molecule has 4 nitrogen and oxygen atoms in total. The Bertz CT molecular complexity index is 3030. The first kappa shape index (κ1) is 27.5. The van der Waals surface area contributed by atoms with Gasteiger partial charge in [-0.05, 0) is 48.5 Å². The third kappa shape index (κ3) is 3.82. The Labute approximate surface area is 285 Å². The van der Waals surface area contributed by atoms with Crippen LogP contribution < -0.4 is 0 Å². The van der Waals surface area contributed by atoms with E-state index in [4.69, 9.17) is 0 Å². The molecule has 49 heavy (non-hydrogen) atoms. The number of rotatable bonds is 3. The van der Waals surface area contributed by atoms with Gasteiger partial charge in [0.25, 0.3) is 0 Å². The number of nitrogens with zero attached hydrogens (tertiary/aromatic N) is 4. The summed E-state index contributed by atoms with van der Waals surface area (Å²) in [5.41, 5.74) is 8.60. The van der Waals surface area contributed by atoms with Gasteiger partial charge in [0.05, 0.1) is 44.6 Å². The molecule has 0 unspecified atom stereocenters. The van der Waals surface area contributed by atoms with Crippen molar-refractivity contribution in [3.05, 3.63) is 157 Å². The van der Waals surface area contributed by atoms with Gasteiger partial charge in [0.1, 0.15) is 12.1 Å². The Kier molecular flexibility index (Phi) is 5.84. The molecule has 10 aromatic rings. The van der Waals surface area contributed by atoms with Crippen LogP contribution in [0.1, 0.15) is 11.1 Å². The van der Waals surface area contributed by atoms with Gasteiger partial charge in [-0.1, -0.05) is 97.1 Å². The summed E-state index contributed by atoms with van der Waals surface area (Å²) >= 11 is 1.79. The van der Waals surface area contributed by atoms with Gasteiger partial charge in [-0.3, -0.25) is 0 Å². The molecule has 0 spiro atoms. The van der Waals surface area contributed by atoms with E-state index in [-0.39, 0.29) is 0 Å². The van der Waals surface area contributed by atoms with Gasteiger partial charge in [-0.25, -0.2) is 0 Å². The van der Waals surface area contributed by atoms with E-state index in [0.29, 0.717) is 11.1 Å². The van der Waals surface area contributed by atoms with Crippen LogP contribution in [0.5, 0.6) is 0 Å². The number of hydrogen-bond acceptors (Lipinski definition) is 3. The molecular weight excluding hydrogens is 617 g/mol. The van der Waals surface area contributed by atoms with Gasteiger partial charge in [-0.2, -0.15) is 10.5 Å². The van der Waals surface area contributed by atoms with Crippen LogP contribution in [-0.4, -0.2) is 9.13 Å². The first-order valence-corrected chi connectivity index (χ1v) is 17.0. The van der Waals surface area contributed by atoms with Crippen molar-refractivity contribution in [3.8, 4) is 34.6 Å². The maximum absolute atomic E-state index is 10.7. The molecule has 0 aliphatic heterocycles. The highest BCUT2D eigenvalue weighted by Gasteiger charge is 2.24. The van der Waals surface area contributed by atoms with Crippen LogP contribution in [0.2, 0.25) is 0 Å². The molecule has 0 fully saturated rings. The Morgan fingerprint density at radius 1 is 0.388 bits per heavy atom. The average Bonchev–Trinajstić information content (AvgIpc) is 3.80. The number of thiophene rings is 1. The van der Waals surface area contributed by atoms with Gasteiger partial charge < -0.3 is 9.13 Å². The average molecular weight is 641 g/mol. The molecule has 0 aliphatic rings. The Hall–Kier alpha value is -6.66. The highest BCUT2D eigenvalue weighted by atomic mass is 32.1. The fourth-order valence-electron chi connectivity index (χ4n) is 7.78. The number of aromatic nitrogens is 2. The molecule has 0 saturated heterocycles. The van der Waals surface area contributed by atoms with Gasteiger partial charge in [-0.15, -0.1) is 11.3 Å². The molecule has 0 amide bonds.